The summed E-state index contributed by atoms with van der Waals surface area (Å²) in [7, 11) is 3.12. The molecule has 2 rings (SSSR count). The average molecular weight is 242 g/mol. The first-order valence-corrected chi connectivity index (χ1v) is 5.17. The van der Waals surface area contributed by atoms with E-state index in [1.165, 1.54) is 21.6 Å². The van der Waals surface area contributed by atoms with Gasteiger partial charge in [-0.15, -0.1) is 0 Å². The molecule has 0 aromatic heterocycles. The number of urea groups is 2. The Labute approximate surface area is 97.8 Å². The maximum Gasteiger partial charge on any atom is 0.326 e. The number of hydrogen-bond donors (Lipinski definition) is 2. The quantitative estimate of drug-likeness (QED) is 0.658. The van der Waals surface area contributed by atoms with E-state index in [9.17, 15) is 14.4 Å². The molecule has 2 saturated heterocycles. The molecule has 2 heterocycles. The van der Waals surface area contributed by atoms with Crippen molar-refractivity contribution in [1.29, 1.82) is 0 Å². The maximum atomic E-state index is 11.7. The van der Waals surface area contributed by atoms with Crippen molar-refractivity contribution in [3.63, 3.8) is 0 Å². The minimum atomic E-state index is -1.10. The fourth-order valence-electron chi connectivity index (χ4n) is 2.25. The van der Waals surface area contributed by atoms with Gasteiger partial charge < -0.3 is 20.2 Å². The molecule has 4 amide bonds. The highest BCUT2D eigenvalue weighted by molar-refractivity contribution is 5.88. The monoisotopic (exact) mass is 242 g/mol. The molecule has 8 nitrogen and oxygen atoms in total. The Morgan fingerprint density at radius 2 is 1.94 bits per heavy atom. The summed E-state index contributed by atoms with van der Waals surface area (Å²) >= 11 is 0. The second-order valence-electron chi connectivity index (χ2n) is 4.23. The van der Waals surface area contributed by atoms with Crippen molar-refractivity contribution in [3.8, 4) is 0 Å². The molecule has 2 fully saturated rings. The van der Waals surface area contributed by atoms with E-state index < -0.39 is 30.4 Å². The van der Waals surface area contributed by atoms with Gasteiger partial charge in [0.1, 0.15) is 18.4 Å². The van der Waals surface area contributed by atoms with Crippen molar-refractivity contribution in [2.45, 2.75) is 25.3 Å². The minimum Gasteiger partial charge on any atom is -0.480 e. The molecule has 94 valence electrons. The molecule has 2 aliphatic heterocycles. The molecular formula is C9H14N4O4. The summed E-state index contributed by atoms with van der Waals surface area (Å²) in [5.41, 5.74) is 0. The zero-order chi connectivity index (χ0) is 12.9. The molecule has 2 N–H and O–H groups in total. The Bertz CT molecular complexity index is 398. The molecule has 0 bridgehead atoms. The summed E-state index contributed by atoms with van der Waals surface area (Å²) in [5, 5.41) is 11.6. The number of nitrogens with zero attached hydrogens (tertiary/aromatic N) is 3. The molecule has 0 saturated carbocycles. The van der Waals surface area contributed by atoms with Crippen LogP contribution in [-0.4, -0.2) is 70.3 Å². The number of amides is 4. The van der Waals surface area contributed by atoms with E-state index in [0.29, 0.717) is 0 Å². The highest BCUT2D eigenvalue weighted by Crippen LogP contribution is 2.28. The normalized spacial score (nSPS) is 29.5. The summed E-state index contributed by atoms with van der Waals surface area (Å²) < 4.78 is 0. The van der Waals surface area contributed by atoms with E-state index in [1.54, 1.807) is 14.1 Å². The molecule has 17 heavy (non-hydrogen) atoms. The van der Waals surface area contributed by atoms with Gasteiger partial charge in [0, 0.05) is 14.1 Å². The molecule has 8 heteroatoms. The van der Waals surface area contributed by atoms with E-state index in [2.05, 4.69) is 5.32 Å². The highest BCUT2D eigenvalue weighted by Gasteiger charge is 2.54. The topological polar surface area (TPSA) is 93.2 Å². The van der Waals surface area contributed by atoms with Crippen molar-refractivity contribution in [2.24, 2.45) is 0 Å². The maximum absolute atomic E-state index is 11.7. The van der Waals surface area contributed by atoms with Gasteiger partial charge in [-0.2, -0.15) is 0 Å². The predicted molar refractivity (Wildman–Crippen MR) is 56.0 cm³/mol. The Morgan fingerprint density at radius 3 is 2.47 bits per heavy atom. The van der Waals surface area contributed by atoms with Gasteiger partial charge >= 0.3 is 18.0 Å². The second-order valence-corrected chi connectivity index (χ2v) is 4.23. The van der Waals surface area contributed by atoms with Crippen molar-refractivity contribution in [2.75, 3.05) is 14.1 Å². The van der Waals surface area contributed by atoms with Crippen molar-refractivity contribution in [1.82, 2.24) is 20.0 Å². The fraction of sp³-hybridized carbons (Fsp3) is 0.667. The lowest BCUT2D eigenvalue weighted by Crippen LogP contribution is -2.51. The van der Waals surface area contributed by atoms with E-state index in [1.807, 2.05) is 0 Å². The summed E-state index contributed by atoms with van der Waals surface area (Å²) in [5.74, 6) is -1.10. The van der Waals surface area contributed by atoms with Crippen molar-refractivity contribution in [3.05, 3.63) is 0 Å². The molecule has 0 aromatic carbocycles. The van der Waals surface area contributed by atoms with Gasteiger partial charge in [0.2, 0.25) is 0 Å². The van der Waals surface area contributed by atoms with Crippen LogP contribution in [-0.2, 0) is 4.79 Å². The second kappa shape index (κ2) is 3.51. The highest BCUT2D eigenvalue weighted by atomic mass is 16.4. The lowest BCUT2D eigenvalue weighted by molar-refractivity contribution is -0.142. The van der Waals surface area contributed by atoms with Gasteiger partial charge in [0.25, 0.3) is 0 Å². The number of hydrogen-bond acceptors (Lipinski definition) is 3. The number of likely N-dealkylation sites (N-methyl/N-ethyl adjacent to an activating group) is 2. The third-order valence-electron chi connectivity index (χ3n) is 3.27. The Morgan fingerprint density at radius 1 is 1.35 bits per heavy atom. The van der Waals surface area contributed by atoms with E-state index >= 15 is 0 Å². The van der Waals surface area contributed by atoms with Crippen LogP contribution in [0, 0.1) is 0 Å². The Hall–Kier alpha value is -1.99. The first kappa shape index (κ1) is 11.5. The standard InChI is InChI=1S/C9H14N4O4/c1-4(7(14)15)13-6-5(10-8(13)16)11(2)9(17)12(6)3/h4-6H,1-3H3,(H,10,16)(H,14,15)/t4-,5+,6+/m0/s1. The number of rotatable bonds is 2. The van der Waals surface area contributed by atoms with Crippen LogP contribution >= 0.6 is 0 Å². The van der Waals surface area contributed by atoms with E-state index in [4.69, 9.17) is 5.11 Å². The van der Waals surface area contributed by atoms with Crippen LogP contribution in [0.5, 0.6) is 0 Å². The zero-order valence-corrected chi connectivity index (χ0v) is 9.75. The van der Waals surface area contributed by atoms with Gasteiger partial charge in [-0.05, 0) is 6.92 Å². The lowest BCUT2D eigenvalue weighted by atomic mass is 10.2. The number of carbonyl (C=O) groups is 3. The smallest absolute Gasteiger partial charge is 0.326 e. The lowest BCUT2D eigenvalue weighted by Gasteiger charge is -2.29. The average Bonchev–Trinajstić information content (AvgIpc) is 2.70. The SMILES string of the molecule is C[C@@H](C(=O)O)N1C(=O)N[C@H]2[C@@H]1N(C)C(=O)N2C. The fourth-order valence-corrected chi connectivity index (χ4v) is 2.25. The van der Waals surface area contributed by atoms with Crippen LogP contribution in [0.1, 0.15) is 6.92 Å². The number of aliphatic carboxylic acids is 1. The molecule has 2 aliphatic rings. The summed E-state index contributed by atoms with van der Waals surface area (Å²) in [6, 6.07) is -1.70. The van der Waals surface area contributed by atoms with Crippen LogP contribution in [0.15, 0.2) is 0 Å². The van der Waals surface area contributed by atoms with Gasteiger partial charge in [-0.3, -0.25) is 4.90 Å². The molecule has 0 aromatic rings. The number of carboxylic acids is 1. The third-order valence-corrected chi connectivity index (χ3v) is 3.27. The zero-order valence-electron chi connectivity index (χ0n) is 9.75. The largest absolute Gasteiger partial charge is 0.480 e. The van der Waals surface area contributed by atoms with Gasteiger partial charge in [-0.25, -0.2) is 14.4 Å². The van der Waals surface area contributed by atoms with Crippen molar-refractivity contribution >= 4 is 18.0 Å². The molecule has 0 spiro atoms. The number of fused-ring (bicyclic) bond motifs is 1. The van der Waals surface area contributed by atoms with Gasteiger partial charge in [-0.1, -0.05) is 0 Å². The first-order valence-electron chi connectivity index (χ1n) is 5.17. The van der Waals surface area contributed by atoms with Crippen LogP contribution in [0.2, 0.25) is 0 Å². The third kappa shape index (κ3) is 1.40. The first-order chi connectivity index (χ1) is 7.86. The Balaban J connectivity index is 2.33. The Kier molecular flexibility index (Phi) is 2.37. The number of nitrogens with one attached hydrogen (secondary N) is 1. The molecule has 0 radical (unpaired) electrons. The molecule has 0 unspecified atom stereocenters. The van der Waals surface area contributed by atoms with Gasteiger partial charge in [0.15, 0.2) is 0 Å². The number of carbonyl (C=O) groups excluding carboxylic acids is 2. The van der Waals surface area contributed by atoms with Gasteiger partial charge in [0.05, 0.1) is 0 Å². The summed E-state index contributed by atoms with van der Waals surface area (Å²) in [4.78, 5) is 38.3. The predicted octanol–water partition coefficient (Wildman–Crippen LogP) is -0.866. The van der Waals surface area contributed by atoms with Crippen LogP contribution in [0.25, 0.3) is 0 Å². The van der Waals surface area contributed by atoms with Crippen LogP contribution < -0.4 is 5.32 Å². The van der Waals surface area contributed by atoms with E-state index in [-0.39, 0.29) is 6.03 Å². The van der Waals surface area contributed by atoms with Crippen LogP contribution in [0.4, 0.5) is 9.59 Å². The summed E-state index contributed by atoms with van der Waals surface area (Å²) in [6.07, 6.45) is -1.08. The van der Waals surface area contributed by atoms with Crippen molar-refractivity contribution < 1.29 is 19.5 Å². The van der Waals surface area contributed by atoms with E-state index in [0.717, 1.165) is 0 Å². The number of carboxylic acid groups (broad SMARTS) is 1. The molecule has 0 aliphatic carbocycles. The molecule has 3 atom stereocenters. The van der Waals surface area contributed by atoms with Crippen LogP contribution in [0.3, 0.4) is 0 Å². The molecular weight excluding hydrogens is 228 g/mol. The minimum absolute atomic E-state index is 0.248. The summed E-state index contributed by atoms with van der Waals surface area (Å²) in [6.45, 7) is 1.42.